The van der Waals surface area contributed by atoms with E-state index in [-0.39, 0.29) is 17.9 Å². The highest BCUT2D eigenvalue weighted by atomic mass is 32.2. The first kappa shape index (κ1) is 25.4. The third-order valence-electron chi connectivity index (χ3n) is 4.68. The van der Waals surface area contributed by atoms with Gasteiger partial charge in [0.2, 0.25) is 5.91 Å². The molecule has 0 aliphatic carbocycles. The molecule has 0 aromatic carbocycles. The predicted octanol–water partition coefficient (Wildman–Crippen LogP) is 2.52. The smallest absolute Gasteiger partial charge is 0.290 e. The number of nitrogens with zero attached hydrogens (tertiary/aromatic N) is 3. The molecule has 0 aromatic rings. The molecule has 3 unspecified atom stereocenters. The van der Waals surface area contributed by atoms with E-state index in [2.05, 4.69) is 23.1 Å². The van der Waals surface area contributed by atoms with Gasteiger partial charge < -0.3 is 9.80 Å². The van der Waals surface area contributed by atoms with Gasteiger partial charge in [-0.15, -0.1) is 4.33 Å². The van der Waals surface area contributed by atoms with E-state index in [4.69, 9.17) is 5.26 Å². The fourth-order valence-corrected chi connectivity index (χ4v) is 3.95. The molecule has 3 atom stereocenters. The maximum Gasteiger partial charge on any atom is 0.290 e. The summed E-state index contributed by atoms with van der Waals surface area (Å²) in [4.78, 5) is 16.7. The summed E-state index contributed by atoms with van der Waals surface area (Å²) in [7, 11) is 0. The van der Waals surface area contributed by atoms with Crippen LogP contribution in [0.25, 0.3) is 0 Å². The summed E-state index contributed by atoms with van der Waals surface area (Å²) in [6.07, 6.45) is 1.79. The summed E-state index contributed by atoms with van der Waals surface area (Å²) in [6.45, 7) is 16.5. The lowest BCUT2D eigenvalue weighted by Crippen LogP contribution is -2.49. The van der Waals surface area contributed by atoms with Gasteiger partial charge in [0.25, 0.3) is 11.3 Å². The largest absolute Gasteiger partial charge is 0.338 e. The highest BCUT2D eigenvalue weighted by Crippen LogP contribution is 2.29. The van der Waals surface area contributed by atoms with Gasteiger partial charge in [0.1, 0.15) is 6.04 Å². The Morgan fingerprint density at radius 3 is 2.12 bits per heavy atom. The standard InChI is InChI=1S/C13H25N3O5S.2C2H6/c1-9(2)14-6-4-11(5-7-14)15-8-10(3)12(13(15)17)16(18)22(20)21-19;2*1-2/h9-12,18-19H,4-8H2,1-3H3;2*1-2H3. The average molecular weight is 396 g/mol. The van der Waals surface area contributed by atoms with Gasteiger partial charge in [-0.25, -0.2) is 9.47 Å². The number of amides is 1. The van der Waals surface area contributed by atoms with Crippen LogP contribution >= 0.6 is 0 Å². The van der Waals surface area contributed by atoms with Crippen LogP contribution in [0.4, 0.5) is 0 Å². The molecule has 0 saturated carbocycles. The molecule has 0 radical (unpaired) electrons. The average Bonchev–Trinajstić information content (AvgIpc) is 2.98. The first-order valence-corrected chi connectivity index (χ1v) is 10.7. The molecule has 156 valence electrons. The zero-order valence-corrected chi connectivity index (χ0v) is 18.0. The van der Waals surface area contributed by atoms with E-state index in [1.54, 1.807) is 4.90 Å². The molecule has 2 aliphatic heterocycles. The second-order valence-corrected chi connectivity index (χ2v) is 7.33. The Bertz CT molecular complexity index is 431. The second kappa shape index (κ2) is 12.7. The topological polar surface area (TPSA) is 93.6 Å². The maximum absolute atomic E-state index is 12.5. The van der Waals surface area contributed by atoms with E-state index in [9.17, 15) is 14.2 Å². The monoisotopic (exact) mass is 395 g/mol. The highest BCUT2D eigenvalue weighted by Gasteiger charge is 2.46. The van der Waals surface area contributed by atoms with E-state index in [0.717, 1.165) is 25.9 Å². The summed E-state index contributed by atoms with van der Waals surface area (Å²) in [5.41, 5.74) is 0. The van der Waals surface area contributed by atoms with Crippen LogP contribution in [0.3, 0.4) is 0 Å². The fourth-order valence-electron chi connectivity index (χ4n) is 3.40. The first-order chi connectivity index (χ1) is 12.4. The van der Waals surface area contributed by atoms with Gasteiger partial charge in [0.05, 0.1) is 0 Å². The van der Waals surface area contributed by atoms with Crippen molar-refractivity contribution in [1.29, 1.82) is 0 Å². The van der Waals surface area contributed by atoms with Crippen molar-refractivity contribution in [2.45, 2.75) is 79.4 Å². The molecular formula is C17H37N3O5S. The van der Waals surface area contributed by atoms with Crippen molar-refractivity contribution in [3.8, 4) is 0 Å². The minimum absolute atomic E-state index is 0.145. The molecule has 2 fully saturated rings. The molecular weight excluding hydrogens is 358 g/mol. The second-order valence-electron chi connectivity index (χ2n) is 6.37. The highest BCUT2D eigenvalue weighted by molar-refractivity contribution is 7.77. The van der Waals surface area contributed by atoms with Crippen molar-refractivity contribution in [3.05, 3.63) is 0 Å². The third-order valence-corrected chi connectivity index (χ3v) is 5.34. The third kappa shape index (κ3) is 6.24. The van der Waals surface area contributed by atoms with E-state index < -0.39 is 17.3 Å². The van der Waals surface area contributed by atoms with E-state index >= 15 is 0 Å². The molecule has 2 aliphatic rings. The summed E-state index contributed by atoms with van der Waals surface area (Å²) >= 11 is -2.45. The van der Waals surface area contributed by atoms with Crippen LogP contribution in [0.1, 0.15) is 61.3 Å². The van der Waals surface area contributed by atoms with Crippen molar-refractivity contribution >= 4 is 17.2 Å². The van der Waals surface area contributed by atoms with Crippen LogP contribution in [0.5, 0.6) is 0 Å². The minimum atomic E-state index is -2.45. The molecule has 2 N–H and O–H groups in total. The first-order valence-electron chi connectivity index (χ1n) is 9.63. The van der Waals surface area contributed by atoms with Crippen LogP contribution in [-0.2, 0) is 20.4 Å². The minimum Gasteiger partial charge on any atom is -0.338 e. The molecule has 9 heteroatoms. The van der Waals surface area contributed by atoms with Gasteiger partial charge in [-0.05, 0) is 26.7 Å². The van der Waals surface area contributed by atoms with Crippen LogP contribution in [0.2, 0.25) is 0 Å². The molecule has 2 heterocycles. The fraction of sp³-hybridized carbons (Fsp3) is 0.941. The van der Waals surface area contributed by atoms with Gasteiger partial charge in [-0.2, -0.15) is 0 Å². The number of likely N-dealkylation sites (tertiary alicyclic amines) is 2. The molecule has 0 spiro atoms. The normalized spacial score (nSPS) is 25.7. The number of carbonyl (C=O) groups is 1. The van der Waals surface area contributed by atoms with Crippen LogP contribution in [-0.4, -0.2) is 72.6 Å². The number of hydrogen-bond acceptors (Lipinski definition) is 6. The molecule has 2 saturated heterocycles. The Morgan fingerprint density at radius 2 is 1.69 bits per heavy atom. The summed E-state index contributed by atoms with van der Waals surface area (Å²) in [5.74, 6) is -0.455. The molecule has 2 rings (SSSR count). The van der Waals surface area contributed by atoms with Crippen molar-refractivity contribution in [1.82, 2.24) is 14.3 Å². The van der Waals surface area contributed by atoms with Crippen LogP contribution in [0, 0.1) is 5.92 Å². The van der Waals surface area contributed by atoms with Crippen molar-refractivity contribution < 1.29 is 23.8 Å². The summed E-state index contributed by atoms with van der Waals surface area (Å²) in [5, 5.41) is 18.2. The van der Waals surface area contributed by atoms with Gasteiger partial charge >= 0.3 is 0 Å². The molecule has 8 nitrogen and oxygen atoms in total. The van der Waals surface area contributed by atoms with E-state index in [1.807, 2.05) is 34.6 Å². The molecule has 1 amide bonds. The number of carbonyl (C=O) groups excluding carboxylic acids is 1. The SMILES string of the molecule is CC.CC.CC1CN(C2CCN(C(C)C)CC2)C(=O)C1N(O)S(=O)OO. The van der Waals surface area contributed by atoms with E-state index in [0.29, 0.717) is 17.1 Å². The van der Waals surface area contributed by atoms with Crippen LogP contribution < -0.4 is 0 Å². The quantitative estimate of drug-likeness (QED) is 0.549. The van der Waals surface area contributed by atoms with Gasteiger partial charge in [0.15, 0.2) is 0 Å². The van der Waals surface area contributed by atoms with Crippen molar-refractivity contribution in [2.24, 2.45) is 5.92 Å². The van der Waals surface area contributed by atoms with Gasteiger partial charge in [-0.1, -0.05) is 39.1 Å². The Labute approximate surface area is 160 Å². The lowest BCUT2D eigenvalue weighted by Gasteiger charge is -2.38. The summed E-state index contributed by atoms with van der Waals surface area (Å²) < 4.78 is 15.2. The Balaban J connectivity index is 0.00000146. The Morgan fingerprint density at radius 1 is 1.19 bits per heavy atom. The zero-order chi connectivity index (χ0) is 20.4. The van der Waals surface area contributed by atoms with Crippen molar-refractivity contribution in [2.75, 3.05) is 19.6 Å². The maximum atomic E-state index is 12.5. The van der Waals surface area contributed by atoms with Gasteiger partial charge in [0, 0.05) is 37.6 Å². The molecule has 0 aromatic heterocycles. The lowest BCUT2D eigenvalue weighted by molar-refractivity contribution is -0.158. The number of rotatable bonds is 5. The molecule has 0 bridgehead atoms. The number of hydrogen-bond donors (Lipinski definition) is 2. The number of hydroxylamine groups is 1. The van der Waals surface area contributed by atoms with Gasteiger partial charge in [-0.3, -0.25) is 10.0 Å². The zero-order valence-electron chi connectivity index (χ0n) is 17.2. The van der Waals surface area contributed by atoms with Crippen LogP contribution in [0.15, 0.2) is 0 Å². The van der Waals surface area contributed by atoms with Crippen molar-refractivity contribution in [3.63, 3.8) is 0 Å². The lowest BCUT2D eigenvalue weighted by atomic mass is 10.0. The predicted molar refractivity (Wildman–Crippen MR) is 103 cm³/mol. The summed E-state index contributed by atoms with van der Waals surface area (Å²) in [6, 6.07) is -0.304. The Kier molecular flexibility index (Phi) is 12.5. The Hall–Kier alpha value is -0.580. The number of piperidine rings is 1. The van der Waals surface area contributed by atoms with E-state index in [1.165, 1.54) is 0 Å². The molecule has 26 heavy (non-hydrogen) atoms.